The molecule has 0 bridgehead atoms. The number of amides is 1. The summed E-state index contributed by atoms with van der Waals surface area (Å²) in [4.78, 5) is 13.5. The minimum atomic E-state index is -0.0669. The SMILES string of the molecule is C#CCNC(=O)CN(C)CCc1ccc(OC)c(OC)c1. The van der Waals surface area contributed by atoms with Crippen LogP contribution in [0.4, 0.5) is 0 Å². The van der Waals surface area contributed by atoms with Gasteiger partial charge in [0.2, 0.25) is 5.91 Å². The molecule has 5 heteroatoms. The Morgan fingerprint density at radius 1 is 1.33 bits per heavy atom. The Kier molecular flexibility index (Phi) is 7.13. The number of rotatable bonds is 8. The summed E-state index contributed by atoms with van der Waals surface area (Å²) in [5.74, 6) is 3.73. The van der Waals surface area contributed by atoms with Gasteiger partial charge >= 0.3 is 0 Å². The Bertz CT molecular complexity index is 509. The first-order valence-electron chi connectivity index (χ1n) is 6.70. The number of methoxy groups -OCH3 is 2. The van der Waals surface area contributed by atoms with E-state index in [0.717, 1.165) is 18.5 Å². The summed E-state index contributed by atoms with van der Waals surface area (Å²) in [6.07, 6.45) is 5.91. The molecule has 1 aromatic carbocycles. The predicted molar refractivity (Wildman–Crippen MR) is 82.6 cm³/mol. The third-order valence-corrected chi connectivity index (χ3v) is 3.03. The maximum atomic E-state index is 11.5. The lowest BCUT2D eigenvalue weighted by Gasteiger charge is -2.16. The molecule has 0 aliphatic carbocycles. The third kappa shape index (κ3) is 5.76. The zero-order valence-electron chi connectivity index (χ0n) is 12.8. The van der Waals surface area contributed by atoms with Crippen LogP contribution in [0.1, 0.15) is 5.56 Å². The first-order valence-corrected chi connectivity index (χ1v) is 6.70. The average Bonchev–Trinajstić information content (AvgIpc) is 2.50. The van der Waals surface area contributed by atoms with Crippen molar-refractivity contribution in [1.82, 2.24) is 10.2 Å². The van der Waals surface area contributed by atoms with Crippen molar-refractivity contribution >= 4 is 5.91 Å². The Labute approximate surface area is 126 Å². The highest BCUT2D eigenvalue weighted by atomic mass is 16.5. The van der Waals surface area contributed by atoms with Crippen molar-refractivity contribution in [2.45, 2.75) is 6.42 Å². The molecule has 0 spiro atoms. The Morgan fingerprint density at radius 3 is 2.67 bits per heavy atom. The molecule has 0 atom stereocenters. The minimum Gasteiger partial charge on any atom is -0.493 e. The highest BCUT2D eigenvalue weighted by Gasteiger charge is 2.08. The second-order valence-corrected chi connectivity index (χ2v) is 4.66. The van der Waals surface area contributed by atoms with Crippen LogP contribution in [0.3, 0.4) is 0 Å². The third-order valence-electron chi connectivity index (χ3n) is 3.03. The normalized spacial score (nSPS) is 10.0. The van der Waals surface area contributed by atoms with E-state index in [1.54, 1.807) is 14.2 Å². The maximum absolute atomic E-state index is 11.5. The number of likely N-dealkylation sites (N-methyl/N-ethyl adjacent to an activating group) is 1. The number of nitrogens with one attached hydrogen (secondary N) is 1. The van der Waals surface area contributed by atoms with E-state index in [1.165, 1.54) is 0 Å². The molecule has 5 nitrogen and oxygen atoms in total. The number of nitrogens with zero attached hydrogens (tertiary/aromatic N) is 1. The molecule has 0 aromatic heterocycles. The molecule has 21 heavy (non-hydrogen) atoms. The van der Waals surface area contributed by atoms with E-state index in [0.29, 0.717) is 18.0 Å². The average molecular weight is 290 g/mol. The van der Waals surface area contributed by atoms with Crippen LogP contribution in [0.25, 0.3) is 0 Å². The molecule has 1 rings (SSSR count). The van der Waals surface area contributed by atoms with Crippen molar-refractivity contribution in [3.63, 3.8) is 0 Å². The molecule has 0 saturated heterocycles. The lowest BCUT2D eigenvalue weighted by atomic mass is 10.1. The molecule has 0 saturated carbocycles. The van der Waals surface area contributed by atoms with Gasteiger partial charge in [-0.3, -0.25) is 9.69 Å². The number of terminal acetylenes is 1. The smallest absolute Gasteiger partial charge is 0.234 e. The van der Waals surface area contributed by atoms with Crippen LogP contribution < -0.4 is 14.8 Å². The summed E-state index contributed by atoms with van der Waals surface area (Å²) in [5.41, 5.74) is 1.13. The van der Waals surface area contributed by atoms with Crippen LogP contribution >= 0.6 is 0 Å². The first kappa shape index (κ1) is 16.9. The van der Waals surface area contributed by atoms with Crippen molar-refractivity contribution in [2.24, 2.45) is 0 Å². The van der Waals surface area contributed by atoms with Gasteiger partial charge in [0.05, 0.1) is 27.3 Å². The topological polar surface area (TPSA) is 50.8 Å². The van der Waals surface area contributed by atoms with Gasteiger partial charge in [-0.1, -0.05) is 12.0 Å². The molecule has 0 heterocycles. The summed E-state index contributed by atoms with van der Waals surface area (Å²) in [7, 11) is 5.12. The van der Waals surface area contributed by atoms with Crippen LogP contribution in [0.15, 0.2) is 18.2 Å². The Hall–Kier alpha value is -2.19. The van der Waals surface area contributed by atoms with E-state index in [2.05, 4.69) is 11.2 Å². The van der Waals surface area contributed by atoms with Crippen LogP contribution in [0.2, 0.25) is 0 Å². The van der Waals surface area contributed by atoms with E-state index in [9.17, 15) is 4.79 Å². The van der Waals surface area contributed by atoms with Crippen LogP contribution in [0.5, 0.6) is 11.5 Å². The van der Waals surface area contributed by atoms with Gasteiger partial charge in [0.1, 0.15) is 0 Å². The molecule has 0 aliphatic heterocycles. The molecule has 0 aliphatic rings. The van der Waals surface area contributed by atoms with Crippen molar-refractivity contribution in [1.29, 1.82) is 0 Å². The largest absolute Gasteiger partial charge is 0.493 e. The minimum absolute atomic E-state index is 0.0669. The second-order valence-electron chi connectivity index (χ2n) is 4.66. The molecular formula is C16H22N2O3. The summed E-state index contributed by atoms with van der Waals surface area (Å²) < 4.78 is 10.5. The van der Waals surface area contributed by atoms with Gasteiger partial charge in [0, 0.05) is 6.54 Å². The molecule has 0 fully saturated rings. The number of ether oxygens (including phenoxy) is 2. The monoisotopic (exact) mass is 290 g/mol. The Balaban J connectivity index is 2.48. The number of carbonyl (C=O) groups excluding carboxylic acids is 1. The van der Waals surface area contributed by atoms with Gasteiger partial charge in [-0.05, 0) is 31.2 Å². The first-order chi connectivity index (χ1) is 10.1. The summed E-state index contributed by atoms with van der Waals surface area (Å²) >= 11 is 0. The number of hydrogen-bond donors (Lipinski definition) is 1. The molecule has 1 N–H and O–H groups in total. The standard InChI is InChI=1S/C16H22N2O3/c1-5-9-17-16(19)12-18(2)10-8-13-6-7-14(20-3)15(11-13)21-4/h1,6-7,11H,8-10,12H2,2-4H3,(H,17,19). The van der Waals surface area contributed by atoms with Crippen LogP contribution in [-0.4, -0.2) is 51.7 Å². The fourth-order valence-corrected chi connectivity index (χ4v) is 1.89. The second kappa shape index (κ2) is 8.88. The van der Waals surface area contributed by atoms with E-state index >= 15 is 0 Å². The van der Waals surface area contributed by atoms with Crippen molar-refractivity contribution < 1.29 is 14.3 Å². The number of carbonyl (C=O) groups is 1. The molecule has 1 amide bonds. The van der Waals surface area contributed by atoms with Gasteiger partial charge in [-0.2, -0.15) is 0 Å². The van der Waals surface area contributed by atoms with Gasteiger partial charge in [0.15, 0.2) is 11.5 Å². The summed E-state index contributed by atoms with van der Waals surface area (Å²) in [6.45, 7) is 1.36. The molecular weight excluding hydrogens is 268 g/mol. The Morgan fingerprint density at radius 2 is 2.05 bits per heavy atom. The predicted octanol–water partition coefficient (Wildman–Crippen LogP) is 0.928. The zero-order chi connectivity index (χ0) is 15.7. The van der Waals surface area contributed by atoms with Crippen molar-refractivity contribution in [3.8, 4) is 23.8 Å². The van der Waals surface area contributed by atoms with E-state index in [4.69, 9.17) is 15.9 Å². The summed E-state index contributed by atoms with van der Waals surface area (Å²) in [6, 6.07) is 5.83. The lowest BCUT2D eigenvalue weighted by molar-refractivity contribution is -0.121. The molecule has 0 radical (unpaired) electrons. The fourth-order valence-electron chi connectivity index (χ4n) is 1.89. The van der Waals surface area contributed by atoms with Gasteiger partial charge in [-0.25, -0.2) is 0 Å². The quantitative estimate of drug-likeness (QED) is 0.724. The van der Waals surface area contributed by atoms with Gasteiger partial charge in [-0.15, -0.1) is 6.42 Å². The number of hydrogen-bond acceptors (Lipinski definition) is 4. The fraction of sp³-hybridized carbons (Fsp3) is 0.438. The van der Waals surface area contributed by atoms with Crippen LogP contribution in [0, 0.1) is 12.3 Å². The number of benzene rings is 1. The van der Waals surface area contributed by atoms with E-state index < -0.39 is 0 Å². The van der Waals surface area contributed by atoms with Crippen LogP contribution in [-0.2, 0) is 11.2 Å². The molecule has 1 aromatic rings. The summed E-state index contributed by atoms with van der Waals surface area (Å²) in [5, 5.41) is 2.64. The van der Waals surface area contributed by atoms with E-state index in [-0.39, 0.29) is 12.5 Å². The van der Waals surface area contributed by atoms with E-state index in [1.807, 2.05) is 30.1 Å². The zero-order valence-corrected chi connectivity index (χ0v) is 12.8. The molecule has 0 unspecified atom stereocenters. The highest BCUT2D eigenvalue weighted by molar-refractivity contribution is 5.78. The molecule has 114 valence electrons. The highest BCUT2D eigenvalue weighted by Crippen LogP contribution is 2.27. The van der Waals surface area contributed by atoms with Crippen molar-refractivity contribution in [3.05, 3.63) is 23.8 Å². The lowest BCUT2D eigenvalue weighted by Crippen LogP contribution is -2.36. The van der Waals surface area contributed by atoms with Crippen molar-refractivity contribution in [2.75, 3.05) is 40.9 Å². The maximum Gasteiger partial charge on any atom is 0.234 e. The van der Waals surface area contributed by atoms with Gasteiger partial charge < -0.3 is 14.8 Å². The van der Waals surface area contributed by atoms with Gasteiger partial charge in [0.25, 0.3) is 0 Å².